The number of piperidine rings is 1. The minimum Gasteiger partial charge on any atom is -0.381 e. The summed E-state index contributed by atoms with van der Waals surface area (Å²) in [5, 5.41) is 14.0. The molecule has 1 aromatic heterocycles. The van der Waals surface area contributed by atoms with Crippen LogP contribution in [0.3, 0.4) is 0 Å². The summed E-state index contributed by atoms with van der Waals surface area (Å²) in [6, 6.07) is 9.80. The summed E-state index contributed by atoms with van der Waals surface area (Å²) in [7, 11) is -1.78. The summed E-state index contributed by atoms with van der Waals surface area (Å²) in [4.78, 5) is 19.0. The zero-order chi connectivity index (χ0) is 31.6. The number of ether oxygens (including phenoxy) is 1. The highest BCUT2D eigenvalue weighted by Gasteiger charge is 2.30. The van der Waals surface area contributed by atoms with Crippen LogP contribution in [0.2, 0.25) is 0 Å². The Labute approximate surface area is 270 Å². The number of anilines is 3. The number of rotatable bonds is 8. The molecule has 7 rings (SSSR count). The number of carbonyl (C=O) groups excluding carboxylic acids is 1. The highest BCUT2D eigenvalue weighted by atomic mass is 32.2. The minimum atomic E-state index is -1.78. The first-order chi connectivity index (χ1) is 22.4. The van der Waals surface area contributed by atoms with Crippen molar-refractivity contribution >= 4 is 34.1 Å². The monoisotopic (exact) mass is 653 g/mol. The molecule has 13 heteroatoms. The van der Waals surface area contributed by atoms with Crippen molar-refractivity contribution in [2.24, 2.45) is 0 Å². The summed E-state index contributed by atoms with van der Waals surface area (Å²) in [5.74, 6) is -1.49. The van der Waals surface area contributed by atoms with Crippen LogP contribution >= 0.6 is 0 Å². The zero-order valence-electron chi connectivity index (χ0n) is 25.9. The molecule has 0 spiro atoms. The van der Waals surface area contributed by atoms with Crippen molar-refractivity contribution in [2.75, 3.05) is 61.5 Å². The average Bonchev–Trinajstić information content (AvgIpc) is 3.75. The fourth-order valence-electron chi connectivity index (χ4n) is 7.17. The number of nitrogens with one attached hydrogen (secondary N) is 3. The second-order valence-corrected chi connectivity index (χ2v) is 14.2. The molecule has 1 atom stereocenters. The van der Waals surface area contributed by atoms with E-state index in [-0.39, 0.29) is 23.4 Å². The first-order valence-corrected chi connectivity index (χ1v) is 17.5. The van der Waals surface area contributed by atoms with Gasteiger partial charge in [-0.05, 0) is 81.9 Å². The molecule has 4 aliphatic heterocycles. The van der Waals surface area contributed by atoms with E-state index < -0.39 is 22.6 Å². The van der Waals surface area contributed by atoms with Crippen molar-refractivity contribution in [3.05, 3.63) is 64.9 Å². The smallest absolute Gasteiger partial charge is 0.258 e. The van der Waals surface area contributed by atoms with Crippen LogP contribution in [-0.2, 0) is 28.7 Å². The van der Waals surface area contributed by atoms with Crippen LogP contribution in [-0.4, -0.2) is 87.5 Å². The van der Waals surface area contributed by atoms with Gasteiger partial charge >= 0.3 is 0 Å². The maximum Gasteiger partial charge on any atom is 0.258 e. The molecule has 3 N–H and O–H groups in total. The third-order valence-electron chi connectivity index (χ3n) is 9.72. The molecule has 246 valence electrons. The van der Waals surface area contributed by atoms with Gasteiger partial charge in [0.1, 0.15) is 22.6 Å². The molecule has 0 bridgehead atoms. The Hall–Kier alpha value is -3.39. The van der Waals surface area contributed by atoms with Gasteiger partial charge in [-0.25, -0.2) is 17.3 Å². The average molecular weight is 654 g/mol. The standard InChI is InChI=1S/C33H41F2N7O3S/c34-22-17-23(35)19-27(18-22)46(44)42-14-7-30-29(21-42)32(39-38-30)37-33(43)28-4-3-26(20-31(28)36-24-8-15-45-16-9-24)41-12-5-25(6-13-41)40-10-1-2-11-40/h3-4,17-20,24-25,36H,1-2,5-16,21H2,(H2,37,38,39,43). The molecule has 3 aromatic rings. The number of aromatic nitrogens is 2. The Kier molecular flexibility index (Phi) is 9.34. The highest BCUT2D eigenvalue weighted by molar-refractivity contribution is 7.82. The van der Waals surface area contributed by atoms with Crippen LogP contribution in [0.1, 0.15) is 60.1 Å². The fraction of sp³-hybridized carbons (Fsp3) is 0.515. The second kappa shape index (κ2) is 13.8. The Bertz CT molecular complexity index is 1560. The summed E-state index contributed by atoms with van der Waals surface area (Å²) < 4.78 is 48.1. The van der Waals surface area contributed by atoms with Crippen LogP contribution in [0.25, 0.3) is 0 Å². The van der Waals surface area contributed by atoms with Crippen molar-refractivity contribution in [2.45, 2.75) is 68.5 Å². The zero-order valence-corrected chi connectivity index (χ0v) is 26.7. The molecule has 3 saturated heterocycles. The van der Waals surface area contributed by atoms with Gasteiger partial charge in [0.05, 0.1) is 10.5 Å². The van der Waals surface area contributed by atoms with Gasteiger partial charge in [0, 0.05) is 86.6 Å². The number of likely N-dealkylation sites (tertiary alicyclic amines) is 1. The van der Waals surface area contributed by atoms with E-state index in [2.05, 4.69) is 36.7 Å². The van der Waals surface area contributed by atoms with Crippen molar-refractivity contribution in [3.8, 4) is 0 Å². The van der Waals surface area contributed by atoms with E-state index in [1.807, 2.05) is 12.1 Å². The topological polar surface area (TPSA) is 106 Å². The predicted octanol–water partition coefficient (Wildman–Crippen LogP) is 4.68. The lowest BCUT2D eigenvalue weighted by Gasteiger charge is -2.38. The van der Waals surface area contributed by atoms with E-state index in [0.717, 1.165) is 74.0 Å². The number of nitrogens with zero attached hydrogens (tertiary/aromatic N) is 4. The van der Waals surface area contributed by atoms with Crippen molar-refractivity contribution < 1.29 is 22.5 Å². The molecule has 0 radical (unpaired) electrons. The lowest BCUT2D eigenvalue weighted by Crippen LogP contribution is -2.43. The van der Waals surface area contributed by atoms with Gasteiger partial charge in [-0.3, -0.25) is 9.89 Å². The highest BCUT2D eigenvalue weighted by Crippen LogP contribution is 2.32. The molecule has 0 saturated carbocycles. The Morgan fingerprint density at radius 2 is 1.70 bits per heavy atom. The first kappa shape index (κ1) is 31.2. The molecule has 3 fully saturated rings. The molecular formula is C33H41F2N7O3S. The van der Waals surface area contributed by atoms with Crippen LogP contribution in [0.5, 0.6) is 0 Å². The summed E-state index contributed by atoms with van der Waals surface area (Å²) in [6.45, 7) is 6.39. The lowest BCUT2D eigenvalue weighted by molar-refractivity contribution is 0.0904. The maximum atomic E-state index is 13.8. The molecule has 2 aromatic carbocycles. The van der Waals surface area contributed by atoms with E-state index in [1.165, 1.54) is 25.9 Å². The number of aromatic amines is 1. The van der Waals surface area contributed by atoms with Gasteiger partial charge in [-0.15, -0.1) is 0 Å². The third-order valence-corrected chi connectivity index (χ3v) is 11.1. The van der Waals surface area contributed by atoms with Crippen LogP contribution in [0, 0.1) is 11.6 Å². The van der Waals surface area contributed by atoms with Gasteiger partial charge in [-0.1, -0.05) is 0 Å². The number of fused-ring (bicyclic) bond motifs is 1. The molecule has 1 unspecified atom stereocenters. The molecular weight excluding hydrogens is 612 g/mol. The summed E-state index contributed by atoms with van der Waals surface area (Å²) in [5.41, 5.74) is 3.95. The van der Waals surface area contributed by atoms with Crippen LogP contribution in [0.15, 0.2) is 41.3 Å². The first-order valence-electron chi connectivity index (χ1n) is 16.4. The van der Waals surface area contributed by atoms with Gasteiger partial charge < -0.3 is 25.2 Å². The molecule has 1 amide bonds. The maximum absolute atomic E-state index is 13.8. The number of carbonyl (C=O) groups is 1. The Morgan fingerprint density at radius 1 is 0.957 bits per heavy atom. The van der Waals surface area contributed by atoms with E-state index in [9.17, 15) is 17.8 Å². The largest absolute Gasteiger partial charge is 0.381 e. The van der Waals surface area contributed by atoms with Crippen LogP contribution in [0.4, 0.5) is 26.0 Å². The minimum absolute atomic E-state index is 0.0548. The van der Waals surface area contributed by atoms with Gasteiger partial charge in [0.25, 0.3) is 5.91 Å². The van der Waals surface area contributed by atoms with E-state index >= 15 is 0 Å². The van der Waals surface area contributed by atoms with Crippen molar-refractivity contribution in [1.82, 2.24) is 19.4 Å². The van der Waals surface area contributed by atoms with E-state index in [0.29, 0.717) is 49.2 Å². The number of hydrogen-bond donors (Lipinski definition) is 3. The number of amides is 1. The SMILES string of the molecule is O=C(Nc1n[nH]c2c1CN(S(=O)c1cc(F)cc(F)c1)CC2)c1ccc(N2CCC(N3CCCC3)CC2)cc1NC1CCOCC1. The van der Waals surface area contributed by atoms with Crippen molar-refractivity contribution in [3.63, 3.8) is 0 Å². The fourth-order valence-corrected chi connectivity index (χ4v) is 8.40. The molecule has 10 nitrogen and oxygen atoms in total. The number of H-pyrrole nitrogens is 1. The predicted molar refractivity (Wildman–Crippen MR) is 173 cm³/mol. The number of halogens is 2. The van der Waals surface area contributed by atoms with Gasteiger partial charge in [0.2, 0.25) is 0 Å². The van der Waals surface area contributed by atoms with Gasteiger partial charge in [0.15, 0.2) is 5.82 Å². The van der Waals surface area contributed by atoms with E-state index in [4.69, 9.17) is 4.74 Å². The molecule has 5 heterocycles. The van der Waals surface area contributed by atoms with E-state index in [1.54, 1.807) is 4.31 Å². The summed E-state index contributed by atoms with van der Waals surface area (Å²) >= 11 is 0. The Balaban J connectivity index is 1.08. The Morgan fingerprint density at radius 3 is 2.43 bits per heavy atom. The normalized spacial score (nSPS) is 20.9. The molecule has 46 heavy (non-hydrogen) atoms. The van der Waals surface area contributed by atoms with Crippen molar-refractivity contribution in [1.29, 1.82) is 0 Å². The summed E-state index contributed by atoms with van der Waals surface area (Å²) in [6.07, 6.45) is 7.13. The molecule has 0 aliphatic carbocycles. The quantitative estimate of drug-likeness (QED) is 0.325. The van der Waals surface area contributed by atoms with Gasteiger partial charge in [-0.2, -0.15) is 5.10 Å². The number of hydrogen-bond acceptors (Lipinski definition) is 7. The number of benzene rings is 2. The van der Waals surface area contributed by atoms with Crippen LogP contribution < -0.4 is 15.5 Å². The molecule has 4 aliphatic rings. The lowest BCUT2D eigenvalue weighted by atomic mass is 10.0. The second-order valence-electron chi connectivity index (χ2n) is 12.7. The third kappa shape index (κ3) is 6.83.